The Hall–Kier alpha value is -1.42. The molecule has 1 aromatic rings. The SMILES string of the molecule is C=CC=CC(=CC)S(=O)N1COCN(S(=O)c2ccccc2)COC1. The van der Waals surface area contributed by atoms with E-state index in [4.69, 9.17) is 9.47 Å². The molecule has 1 heterocycles. The van der Waals surface area contributed by atoms with Gasteiger partial charge in [0.2, 0.25) is 0 Å². The van der Waals surface area contributed by atoms with Crippen LogP contribution < -0.4 is 0 Å². The van der Waals surface area contributed by atoms with Crippen LogP contribution in [0.15, 0.2) is 71.0 Å². The standard InChI is InChI=1S/C17H22N2O4S2/c1-3-5-9-16(4-2)24(20)18-12-22-14-19(15-23-13-18)25(21)17-10-7-6-8-11-17/h3-11H,1,12-15H2,2H3. The molecule has 0 spiro atoms. The number of ether oxygens (including phenoxy) is 2. The average molecular weight is 383 g/mol. The van der Waals surface area contributed by atoms with E-state index in [1.54, 1.807) is 45.0 Å². The van der Waals surface area contributed by atoms with Gasteiger partial charge in [-0.05, 0) is 25.1 Å². The number of allylic oxidation sites excluding steroid dienone is 4. The van der Waals surface area contributed by atoms with Gasteiger partial charge in [0.15, 0.2) is 0 Å². The molecule has 0 bridgehead atoms. The first kappa shape index (κ1) is 19.9. The molecule has 1 fully saturated rings. The van der Waals surface area contributed by atoms with E-state index in [9.17, 15) is 8.42 Å². The molecule has 0 N–H and O–H groups in total. The summed E-state index contributed by atoms with van der Waals surface area (Å²) in [6, 6.07) is 9.12. The lowest BCUT2D eigenvalue weighted by Crippen LogP contribution is -2.41. The quantitative estimate of drug-likeness (QED) is 0.710. The fraction of sp³-hybridized carbons (Fsp3) is 0.294. The number of hydrogen-bond acceptors (Lipinski definition) is 4. The zero-order valence-electron chi connectivity index (χ0n) is 14.1. The second kappa shape index (κ2) is 10.5. The Morgan fingerprint density at radius 1 is 1.08 bits per heavy atom. The van der Waals surface area contributed by atoms with E-state index < -0.39 is 22.0 Å². The van der Waals surface area contributed by atoms with Crippen LogP contribution in [0.25, 0.3) is 0 Å². The van der Waals surface area contributed by atoms with Gasteiger partial charge in [0.25, 0.3) is 0 Å². The third-order valence-corrected chi connectivity index (χ3v) is 6.05. The smallest absolute Gasteiger partial charge is 0.131 e. The van der Waals surface area contributed by atoms with E-state index in [1.165, 1.54) is 0 Å². The van der Waals surface area contributed by atoms with Crippen molar-refractivity contribution in [3.8, 4) is 0 Å². The highest BCUT2D eigenvalue weighted by molar-refractivity contribution is 7.86. The summed E-state index contributed by atoms with van der Waals surface area (Å²) in [6.07, 6.45) is 6.85. The highest BCUT2D eigenvalue weighted by atomic mass is 32.2. The van der Waals surface area contributed by atoms with Gasteiger partial charge in [0.1, 0.15) is 48.9 Å². The van der Waals surface area contributed by atoms with Crippen molar-refractivity contribution >= 4 is 22.0 Å². The van der Waals surface area contributed by atoms with Gasteiger partial charge in [-0.3, -0.25) is 0 Å². The molecule has 0 saturated carbocycles. The van der Waals surface area contributed by atoms with E-state index in [0.717, 1.165) is 0 Å². The number of nitrogens with zero attached hydrogens (tertiary/aromatic N) is 2. The minimum absolute atomic E-state index is 0.106. The summed E-state index contributed by atoms with van der Waals surface area (Å²) in [5, 5.41) is 0. The Kier molecular flexibility index (Phi) is 8.39. The van der Waals surface area contributed by atoms with E-state index in [1.807, 2.05) is 25.1 Å². The van der Waals surface area contributed by atoms with Gasteiger partial charge in [-0.1, -0.05) is 43.0 Å². The van der Waals surface area contributed by atoms with Gasteiger partial charge in [-0.15, -0.1) is 0 Å². The summed E-state index contributed by atoms with van der Waals surface area (Å²) in [5.41, 5.74) is 0. The van der Waals surface area contributed by atoms with Crippen LogP contribution in [0.1, 0.15) is 6.92 Å². The topological polar surface area (TPSA) is 59.1 Å². The molecule has 2 atom stereocenters. The Morgan fingerprint density at radius 3 is 2.24 bits per heavy atom. The molecule has 0 amide bonds. The lowest BCUT2D eigenvalue weighted by atomic mass is 10.4. The molecule has 0 aromatic heterocycles. The first-order valence-corrected chi connectivity index (χ1v) is 9.88. The van der Waals surface area contributed by atoms with Crippen LogP contribution in [0.5, 0.6) is 0 Å². The second-order valence-electron chi connectivity index (χ2n) is 4.99. The van der Waals surface area contributed by atoms with Crippen LogP contribution in [0.2, 0.25) is 0 Å². The summed E-state index contributed by atoms with van der Waals surface area (Å²) in [5.74, 6) is 0. The van der Waals surface area contributed by atoms with Gasteiger partial charge in [0, 0.05) is 0 Å². The maximum atomic E-state index is 12.6. The van der Waals surface area contributed by atoms with Gasteiger partial charge in [0.05, 0.1) is 9.80 Å². The second-order valence-corrected chi connectivity index (χ2v) is 7.96. The number of hydrogen-bond donors (Lipinski definition) is 0. The van der Waals surface area contributed by atoms with Crippen LogP contribution in [0, 0.1) is 0 Å². The molecule has 2 rings (SSSR count). The summed E-state index contributed by atoms with van der Waals surface area (Å²) in [4.78, 5) is 1.32. The summed E-state index contributed by atoms with van der Waals surface area (Å²) < 4.78 is 39.4. The van der Waals surface area contributed by atoms with Crippen LogP contribution in [-0.4, -0.2) is 44.0 Å². The van der Waals surface area contributed by atoms with E-state index in [2.05, 4.69) is 6.58 Å². The Bertz CT molecular complexity index is 666. The van der Waals surface area contributed by atoms with Crippen molar-refractivity contribution in [3.05, 3.63) is 66.1 Å². The van der Waals surface area contributed by atoms with E-state index in [0.29, 0.717) is 9.80 Å². The molecule has 1 saturated heterocycles. The van der Waals surface area contributed by atoms with Gasteiger partial charge in [-0.2, -0.15) is 8.61 Å². The Balaban J connectivity index is 1.96. The highest BCUT2D eigenvalue weighted by Crippen LogP contribution is 2.15. The minimum Gasteiger partial charge on any atom is -0.349 e. The van der Waals surface area contributed by atoms with E-state index in [-0.39, 0.29) is 26.9 Å². The molecular formula is C17H22N2O4S2. The molecular weight excluding hydrogens is 360 g/mol. The van der Waals surface area contributed by atoms with Crippen LogP contribution in [-0.2, 0) is 31.4 Å². The third-order valence-electron chi connectivity index (χ3n) is 3.24. The lowest BCUT2D eigenvalue weighted by molar-refractivity contribution is -0.0843. The normalized spacial score (nSPS) is 20.8. The first-order valence-electron chi connectivity index (χ1n) is 7.67. The molecule has 136 valence electrons. The maximum absolute atomic E-state index is 12.6. The molecule has 1 aliphatic rings. The molecule has 25 heavy (non-hydrogen) atoms. The molecule has 6 nitrogen and oxygen atoms in total. The van der Waals surface area contributed by atoms with Crippen LogP contribution in [0.3, 0.4) is 0 Å². The van der Waals surface area contributed by atoms with E-state index >= 15 is 0 Å². The largest absolute Gasteiger partial charge is 0.349 e. The summed E-state index contributed by atoms with van der Waals surface area (Å²) in [6.45, 7) is 5.86. The van der Waals surface area contributed by atoms with Crippen molar-refractivity contribution < 1.29 is 17.9 Å². The number of benzene rings is 1. The molecule has 8 heteroatoms. The third kappa shape index (κ3) is 5.81. The monoisotopic (exact) mass is 382 g/mol. The fourth-order valence-electron chi connectivity index (χ4n) is 2.01. The molecule has 1 aromatic carbocycles. The van der Waals surface area contributed by atoms with Crippen LogP contribution >= 0.6 is 0 Å². The highest BCUT2D eigenvalue weighted by Gasteiger charge is 2.22. The molecule has 2 unspecified atom stereocenters. The fourth-order valence-corrected chi connectivity index (χ4v) is 4.07. The maximum Gasteiger partial charge on any atom is 0.131 e. The van der Waals surface area contributed by atoms with Gasteiger partial charge in [-0.25, -0.2) is 8.42 Å². The molecule has 1 aliphatic heterocycles. The average Bonchev–Trinajstić information content (AvgIpc) is 2.62. The molecule has 0 radical (unpaired) electrons. The number of rotatable bonds is 6. The molecule has 0 aliphatic carbocycles. The van der Waals surface area contributed by atoms with Crippen LogP contribution in [0.4, 0.5) is 0 Å². The van der Waals surface area contributed by atoms with Crippen molar-refractivity contribution in [2.75, 3.05) is 26.9 Å². The van der Waals surface area contributed by atoms with Gasteiger partial charge >= 0.3 is 0 Å². The Morgan fingerprint density at radius 2 is 1.68 bits per heavy atom. The summed E-state index contributed by atoms with van der Waals surface area (Å²) >= 11 is 0. The summed E-state index contributed by atoms with van der Waals surface area (Å²) in [7, 11) is -2.78. The zero-order chi connectivity index (χ0) is 18.1. The van der Waals surface area contributed by atoms with Crippen molar-refractivity contribution in [2.24, 2.45) is 0 Å². The van der Waals surface area contributed by atoms with Crippen molar-refractivity contribution in [3.63, 3.8) is 0 Å². The first-order chi connectivity index (χ1) is 12.2. The predicted octanol–water partition coefficient (Wildman–Crippen LogP) is 2.50. The lowest BCUT2D eigenvalue weighted by Gasteiger charge is -2.28. The van der Waals surface area contributed by atoms with Crippen molar-refractivity contribution in [2.45, 2.75) is 11.8 Å². The zero-order valence-corrected chi connectivity index (χ0v) is 15.7. The van der Waals surface area contributed by atoms with Crippen molar-refractivity contribution in [1.29, 1.82) is 0 Å². The Labute approximate surface area is 153 Å². The van der Waals surface area contributed by atoms with Crippen molar-refractivity contribution in [1.82, 2.24) is 8.61 Å². The van der Waals surface area contributed by atoms with Gasteiger partial charge < -0.3 is 9.47 Å². The predicted molar refractivity (Wildman–Crippen MR) is 99.4 cm³/mol. The minimum atomic E-state index is -1.41.